The highest BCUT2D eigenvalue weighted by molar-refractivity contribution is 5.81. The number of nitrogens with one attached hydrogen (secondary N) is 2. The molecule has 3 N–H and O–H groups in total. The number of hydrogen-bond donors (Lipinski definition) is 3. The van der Waals surface area contributed by atoms with Gasteiger partial charge in [-0.15, -0.1) is 0 Å². The zero-order valence-corrected chi connectivity index (χ0v) is 12.7. The van der Waals surface area contributed by atoms with Gasteiger partial charge in [-0.2, -0.15) is 0 Å². The Labute approximate surface area is 120 Å². The van der Waals surface area contributed by atoms with Crippen molar-refractivity contribution in [2.75, 3.05) is 19.8 Å². The highest BCUT2D eigenvalue weighted by Gasteiger charge is 2.36. The van der Waals surface area contributed by atoms with Gasteiger partial charge in [0.1, 0.15) is 0 Å². The first-order valence-electron chi connectivity index (χ1n) is 7.09. The number of ether oxygens (including phenoxy) is 1. The summed E-state index contributed by atoms with van der Waals surface area (Å²) in [4.78, 5) is 23.3. The predicted octanol–water partition coefficient (Wildman–Crippen LogP) is 0.617. The summed E-state index contributed by atoms with van der Waals surface area (Å²) >= 11 is 0. The molecule has 6 heteroatoms. The third-order valence-corrected chi connectivity index (χ3v) is 3.62. The zero-order valence-electron chi connectivity index (χ0n) is 12.7. The fourth-order valence-corrected chi connectivity index (χ4v) is 2.30. The first kappa shape index (κ1) is 16.9. The van der Waals surface area contributed by atoms with Gasteiger partial charge in [0.25, 0.3) is 0 Å². The van der Waals surface area contributed by atoms with Crippen LogP contribution in [0.1, 0.15) is 34.1 Å². The standard InChI is InChI=1S/C14H26N2O4/c1-5-15-10-8-20-7-9(10)13(19)16-11(6-12(17)18)14(2,3)4/h9-11,15H,5-8H2,1-4H3,(H,16,19)(H,17,18). The van der Waals surface area contributed by atoms with E-state index in [1.165, 1.54) is 0 Å². The smallest absolute Gasteiger partial charge is 0.305 e. The molecule has 0 spiro atoms. The van der Waals surface area contributed by atoms with Crippen LogP contribution in [-0.4, -0.2) is 48.8 Å². The van der Waals surface area contributed by atoms with E-state index in [9.17, 15) is 9.59 Å². The van der Waals surface area contributed by atoms with Crippen LogP contribution in [0.5, 0.6) is 0 Å². The van der Waals surface area contributed by atoms with E-state index in [1.807, 2.05) is 27.7 Å². The van der Waals surface area contributed by atoms with E-state index in [0.29, 0.717) is 13.2 Å². The van der Waals surface area contributed by atoms with Gasteiger partial charge in [-0.1, -0.05) is 27.7 Å². The number of amides is 1. The van der Waals surface area contributed by atoms with Crippen molar-refractivity contribution in [3.05, 3.63) is 0 Å². The van der Waals surface area contributed by atoms with Gasteiger partial charge in [0.15, 0.2) is 0 Å². The van der Waals surface area contributed by atoms with Gasteiger partial charge in [0, 0.05) is 12.1 Å². The van der Waals surface area contributed by atoms with Crippen molar-refractivity contribution in [1.82, 2.24) is 10.6 Å². The maximum atomic E-state index is 12.3. The first-order valence-corrected chi connectivity index (χ1v) is 7.09. The lowest BCUT2D eigenvalue weighted by Crippen LogP contribution is -2.51. The molecule has 1 aliphatic heterocycles. The third kappa shape index (κ3) is 4.76. The van der Waals surface area contributed by atoms with E-state index < -0.39 is 12.0 Å². The summed E-state index contributed by atoms with van der Waals surface area (Å²) in [6, 6.07) is -0.388. The van der Waals surface area contributed by atoms with E-state index in [0.717, 1.165) is 6.54 Å². The van der Waals surface area contributed by atoms with E-state index in [4.69, 9.17) is 9.84 Å². The summed E-state index contributed by atoms with van der Waals surface area (Å²) in [6.45, 7) is 9.43. The number of likely N-dealkylation sites (N-methyl/N-ethyl adjacent to an activating group) is 1. The minimum absolute atomic E-state index is 0.00504. The molecule has 1 fully saturated rings. The van der Waals surface area contributed by atoms with Crippen LogP contribution in [0.15, 0.2) is 0 Å². The van der Waals surface area contributed by atoms with Gasteiger partial charge in [-0.25, -0.2) is 0 Å². The predicted molar refractivity (Wildman–Crippen MR) is 75.4 cm³/mol. The van der Waals surface area contributed by atoms with Crippen LogP contribution in [-0.2, 0) is 14.3 Å². The number of carbonyl (C=O) groups is 2. The highest BCUT2D eigenvalue weighted by atomic mass is 16.5. The lowest BCUT2D eigenvalue weighted by atomic mass is 9.84. The average Bonchev–Trinajstić information content (AvgIpc) is 2.75. The number of carboxylic acids is 1. The molecule has 1 saturated heterocycles. The van der Waals surface area contributed by atoms with E-state index in [2.05, 4.69) is 10.6 Å². The minimum atomic E-state index is -0.906. The Bertz CT molecular complexity index is 352. The Morgan fingerprint density at radius 1 is 1.35 bits per heavy atom. The Kier molecular flexibility index (Phi) is 5.95. The van der Waals surface area contributed by atoms with Gasteiger partial charge in [-0.05, 0) is 12.0 Å². The van der Waals surface area contributed by atoms with Crippen LogP contribution in [0.3, 0.4) is 0 Å². The van der Waals surface area contributed by atoms with Crippen LogP contribution >= 0.6 is 0 Å². The van der Waals surface area contributed by atoms with Gasteiger partial charge in [0.2, 0.25) is 5.91 Å². The molecular formula is C14H26N2O4. The summed E-state index contributed by atoms with van der Waals surface area (Å²) in [6.07, 6.45) is -0.0747. The van der Waals surface area contributed by atoms with Crippen molar-refractivity contribution >= 4 is 11.9 Å². The molecule has 116 valence electrons. The molecule has 0 aromatic rings. The summed E-state index contributed by atoms with van der Waals surface area (Å²) in [7, 11) is 0. The first-order chi connectivity index (χ1) is 9.25. The number of hydrogen-bond acceptors (Lipinski definition) is 4. The summed E-state index contributed by atoms with van der Waals surface area (Å²) in [5, 5.41) is 15.1. The van der Waals surface area contributed by atoms with Crippen LogP contribution in [0.25, 0.3) is 0 Å². The quantitative estimate of drug-likeness (QED) is 0.666. The molecule has 1 amide bonds. The molecule has 1 heterocycles. The van der Waals surface area contributed by atoms with E-state index in [1.54, 1.807) is 0 Å². The molecular weight excluding hydrogens is 260 g/mol. The summed E-state index contributed by atoms with van der Waals surface area (Å²) in [5.41, 5.74) is -0.304. The molecule has 3 unspecified atom stereocenters. The lowest BCUT2D eigenvalue weighted by Gasteiger charge is -2.32. The second-order valence-corrected chi connectivity index (χ2v) is 6.33. The summed E-state index contributed by atoms with van der Waals surface area (Å²) in [5.74, 6) is -1.29. The molecule has 0 radical (unpaired) electrons. The second kappa shape index (κ2) is 7.04. The number of carbonyl (C=O) groups excluding carboxylic acids is 1. The van der Waals surface area contributed by atoms with Crippen LogP contribution < -0.4 is 10.6 Å². The van der Waals surface area contributed by atoms with Crippen molar-refractivity contribution in [3.8, 4) is 0 Å². The number of aliphatic carboxylic acids is 1. The van der Waals surface area contributed by atoms with Crippen molar-refractivity contribution in [2.24, 2.45) is 11.3 Å². The molecule has 0 aromatic carbocycles. The maximum absolute atomic E-state index is 12.3. The second-order valence-electron chi connectivity index (χ2n) is 6.33. The SMILES string of the molecule is CCNC1COCC1C(=O)NC(CC(=O)O)C(C)(C)C. The molecule has 0 saturated carbocycles. The zero-order chi connectivity index (χ0) is 15.3. The van der Waals surface area contributed by atoms with Crippen molar-refractivity contribution in [2.45, 2.75) is 46.2 Å². The molecule has 1 rings (SSSR count). The number of rotatable bonds is 6. The Morgan fingerprint density at radius 2 is 2.00 bits per heavy atom. The van der Waals surface area contributed by atoms with E-state index >= 15 is 0 Å². The van der Waals surface area contributed by atoms with Gasteiger partial charge in [0.05, 0.1) is 25.6 Å². The monoisotopic (exact) mass is 286 g/mol. The maximum Gasteiger partial charge on any atom is 0.305 e. The normalized spacial score (nSPS) is 24.4. The van der Waals surface area contributed by atoms with Crippen LogP contribution in [0.4, 0.5) is 0 Å². The molecule has 0 bridgehead atoms. The van der Waals surface area contributed by atoms with Crippen molar-refractivity contribution in [1.29, 1.82) is 0 Å². The molecule has 3 atom stereocenters. The number of carboxylic acid groups (broad SMARTS) is 1. The lowest BCUT2D eigenvalue weighted by molar-refractivity contribution is -0.138. The van der Waals surface area contributed by atoms with Gasteiger partial charge < -0.3 is 20.5 Å². The summed E-state index contributed by atoms with van der Waals surface area (Å²) < 4.78 is 5.35. The van der Waals surface area contributed by atoms with Gasteiger partial charge >= 0.3 is 5.97 Å². The molecule has 6 nitrogen and oxygen atoms in total. The Balaban J connectivity index is 2.68. The topological polar surface area (TPSA) is 87.7 Å². The minimum Gasteiger partial charge on any atom is -0.481 e. The largest absolute Gasteiger partial charge is 0.481 e. The van der Waals surface area contributed by atoms with Crippen molar-refractivity contribution in [3.63, 3.8) is 0 Å². The van der Waals surface area contributed by atoms with E-state index in [-0.39, 0.29) is 29.7 Å². The molecule has 20 heavy (non-hydrogen) atoms. The fourth-order valence-electron chi connectivity index (χ4n) is 2.30. The Hall–Kier alpha value is -1.14. The van der Waals surface area contributed by atoms with Crippen molar-refractivity contribution < 1.29 is 19.4 Å². The third-order valence-electron chi connectivity index (χ3n) is 3.62. The molecule has 1 aliphatic rings. The van der Waals surface area contributed by atoms with Crippen LogP contribution in [0, 0.1) is 11.3 Å². The Morgan fingerprint density at radius 3 is 2.50 bits per heavy atom. The van der Waals surface area contributed by atoms with Crippen LogP contribution in [0.2, 0.25) is 0 Å². The molecule has 0 aliphatic carbocycles. The molecule has 0 aromatic heterocycles. The highest BCUT2D eigenvalue weighted by Crippen LogP contribution is 2.23. The van der Waals surface area contributed by atoms with Gasteiger partial charge in [-0.3, -0.25) is 9.59 Å². The fraction of sp³-hybridized carbons (Fsp3) is 0.857. The average molecular weight is 286 g/mol.